The average molecular weight is 387 g/mol. The van der Waals surface area contributed by atoms with E-state index in [1.165, 1.54) is 21.4 Å². The van der Waals surface area contributed by atoms with Crippen LogP contribution in [0.5, 0.6) is 5.75 Å². The van der Waals surface area contributed by atoms with Gasteiger partial charge in [0.15, 0.2) is 0 Å². The van der Waals surface area contributed by atoms with E-state index in [2.05, 4.69) is 72.7 Å². The van der Waals surface area contributed by atoms with Crippen molar-refractivity contribution in [2.75, 3.05) is 5.38 Å². The fourth-order valence-electron chi connectivity index (χ4n) is 3.52. The first-order valence-corrected chi connectivity index (χ1v) is 12.2. The number of aryl methyl sites for hydroxylation is 2. The highest BCUT2D eigenvalue weighted by Gasteiger charge is 2.27. The minimum absolute atomic E-state index is 0.169. The zero-order valence-electron chi connectivity index (χ0n) is 17.7. The molecule has 0 aromatic heterocycles. The van der Waals surface area contributed by atoms with Crippen LogP contribution >= 0.6 is 11.8 Å². The van der Waals surface area contributed by atoms with E-state index >= 15 is 0 Å². The number of phenols is 1. The normalized spacial score (nSPS) is 12.9. The lowest BCUT2D eigenvalue weighted by Gasteiger charge is -2.32. The number of thioether (sulfide) groups is 1. The van der Waals surface area contributed by atoms with E-state index < -0.39 is 0 Å². The summed E-state index contributed by atoms with van der Waals surface area (Å²) in [7, 11) is -0.381. The Kier molecular flexibility index (Phi) is 6.35. The van der Waals surface area contributed by atoms with Crippen LogP contribution < -0.4 is 5.19 Å². The molecule has 0 saturated heterocycles. The van der Waals surface area contributed by atoms with Crippen LogP contribution in [0.15, 0.2) is 35.2 Å². The lowest BCUT2D eigenvalue weighted by molar-refractivity contribution is 0.470. The molecule has 0 heterocycles. The van der Waals surface area contributed by atoms with E-state index in [0.717, 1.165) is 5.56 Å². The van der Waals surface area contributed by atoms with Crippen molar-refractivity contribution in [3.63, 3.8) is 0 Å². The smallest absolute Gasteiger partial charge is 0.118 e. The summed E-state index contributed by atoms with van der Waals surface area (Å²) in [4.78, 5) is 1.30. The molecule has 0 spiro atoms. The number of phenolic OH excluding ortho intramolecular Hbond substituents is 1. The molecule has 1 N–H and O–H groups in total. The highest BCUT2D eigenvalue weighted by Crippen LogP contribution is 2.33. The second-order valence-electron chi connectivity index (χ2n) is 9.34. The van der Waals surface area contributed by atoms with Crippen LogP contribution in [-0.2, 0) is 10.8 Å². The summed E-state index contributed by atoms with van der Waals surface area (Å²) in [5, 5.41) is 12.6. The molecular weight excluding hydrogens is 352 g/mol. The largest absolute Gasteiger partial charge is 0.508 e. The van der Waals surface area contributed by atoms with Crippen molar-refractivity contribution in [2.24, 2.45) is 0 Å². The van der Waals surface area contributed by atoms with Crippen molar-refractivity contribution in [1.82, 2.24) is 0 Å². The van der Waals surface area contributed by atoms with Crippen molar-refractivity contribution in [1.29, 1.82) is 0 Å². The molecular formula is C23H34OSSi. The van der Waals surface area contributed by atoms with Crippen LogP contribution in [0.25, 0.3) is 0 Å². The van der Waals surface area contributed by atoms with Crippen molar-refractivity contribution in [2.45, 2.75) is 71.1 Å². The average Bonchev–Trinajstić information content (AvgIpc) is 2.50. The van der Waals surface area contributed by atoms with Gasteiger partial charge in [0.1, 0.15) is 5.75 Å². The minimum Gasteiger partial charge on any atom is -0.508 e. The van der Waals surface area contributed by atoms with E-state index in [4.69, 9.17) is 0 Å². The summed E-state index contributed by atoms with van der Waals surface area (Å²) in [6, 6.07) is 10.9. The second-order valence-corrected chi connectivity index (χ2v) is 13.0. The van der Waals surface area contributed by atoms with Crippen LogP contribution in [0.1, 0.15) is 63.8 Å². The first kappa shape index (κ1) is 21.1. The Balaban J connectivity index is 2.27. The molecule has 1 nitrogen and oxygen atoms in total. The molecule has 0 saturated carbocycles. The molecule has 0 atom stereocenters. The number of rotatable bonds is 4. The molecule has 0 fully saturated rings. The SMILES string of the molecule is Cc1cc(SC[SiH2]c2cccc(C(C)(C)C)c2C(C)(C)C)c(C)cc1O. The Hall–Kier alpha value is -1.19. The van der Waals surface area contributed by atoms with Gasteiger partial charge in [-0.25, -0.2) is 0 Å². The number of aromatic hydroxyl groups is 1. The second kappa shape index (κ2) is 7.81. The third-order valence-electron chi connectivity index (χ3n) is 4.83. The number of hydrogen-bond acceptors (Lipinski definition) is 2. The summed E-state index contributed by atoms with van der Waals surface area (Å²) in [5.41, 5.74) is 5.54. The molecule has 3 heteroatoms. The third-order valence-corrected chi connectivity index (χ3v) is 8.34. The quantitative estimate of drug-likeness (QED) is 0.579. The Morgan fingerprint density at radius 1 is 0.923 bits per heavy atom. The monoisotopic (exact) mass is 386 g/mol. The Bertz CT molecular complexity index is 782. The van der Waals surface area contributed by atoms with Gasteiger partial charge in [-0.05, 0) is 64.4 Å². The van der Waals surface area contributed by atoms with Gasteiger partial charge in [-0.3, -0.25) is 0 Å². The first-order valence-electron chi connectivity index (χ1n) is 9.47. The van der Waals surface area contributed by atoms with Gasteiger partial charge < -0.3 is 5.11 Å². The van der Waals surface area contributed by atoms with E-state index in [1.54, 1.807) is 10.8 Å². The maximum absolute atomic E-state index is 9.86. The maximum Gasteiger partial charge on any atom is 0.118 e. The predicted molar refractivity (Wildman–Crippen MR) is 120 cm³/mol. The first-order chi connectivity index (χ1) is 11.9. The van der Waals surface area contributed by atoms with Gasteiger partial charge in [-0.2, -0.15) is 0 Å². The topological polar surface area (TPSA) is 20.2 Å². The number of benzene rings is 2. The zero-order valence-corrected chi connectivity index (χ0v) is 19.9. The minimum atomic E-state index is -0.381. The van der Waals surface area contributed by atoms with Crippen LogP contribution in [0.4, 0.5) is 0 Å². The van der Waals surface area contributed by atoms with Gasteiger partial charge >= 0.3 is 0 Å². The summed E-state index contributed by atoms with van der Waals surface area (Å²) in [6.07, 6.45) is 0. The lowest BCUT2D eigenvalue weighted by atomic mass is 9.75. The predicted octanol–water partition coefficient (Wildman–Crippen LogP) is 5.15. The van der Waals surface area contributed by atoms with Gasteiger partial charge in [0.25, 0.3) is 0 Å². The van der Waals surface area contributed by atoms with Gasteiger partial charge in [0.2, 0.25) is 0 Å². The molecule has 0 aliphatic heterocycles. The van der Waals surface area contributed by atoms with Crippen LogP contribution in [0.2, 0.25) is 0 Å². The molecule has 2 aromatic carbocycles. The van der Waals surface area contributed by atoms with E-state index in [1.807, 2.05) is 24.8 Å². The molecule has 142 valence electrons. The standard InChI is InChI=1S/C23H34OSSi/c1-15-13-19(16(2)12-18(15)24)25-14-26-20-11-9-10-17(22(3,4)5)21(20)23(6,7)8/h9-13,24H,14,26H2,1-8H3. The Morgan fingerprint density at radius 2 is 1.58 bits per heavy atom. The van der Waals surface area contributed by atoms with Crippen LogP contribution in [-0.4, -0.2) is 20.0 Å². The summed E-state index contributed by atoms with van der Waals surface area (Å²) in [6.45, 7) is 18.0. The summed E-state index contributed by atoms with van der Waals surface area (Å²) >= 11 is 1.95. The maximum atomic E-state index is 9.86. The molecule has 0 radical (unpaired) electrons. The Morgan fingerprint density at radius 3 is 2.15 bits per heavy atom. The lowest BCUT2D eigenvalue weighted by Crippen LogP contribution is -2.33. The summed E-state index contributed by atoms with van der Waals surface area (Å²) in [5.74, 6) is 0.400. The summed E-state index contributed by atoms with van der Waals surface area (Å²) < 4.78 is 0. The van der Waals surface area contributed by atoms with Gasteiger partial charge in [-0.15, -0.1) is 11.8 Å². The Labute approximate surface area is 166 Å². The van der Waals surface area contributed by atoms with Crippen molar-refractivity contribution in [3.8, 4) is 5.75 Å². The van der Waals surface area contributed by atoms with Gasteiger partial charge in [-0.1, -0.05) is 64.9 Å². The number of hydrogen-bond donors (Lipinski definition) is 1. The van der Waals surface area contributed by atoms with Crippen molar-refractivity contribution < 1.29 is 5.11 Å². The van der Waals surface area contributed by atoms with Crippen molar-refractivity contribution >= 4 is 26.5 Å². The fraction of sp³-hybridized carbons (Fsp3) is 0.478. The fourth-order valence-corrected chi connectivity index (χ4v) is 7.51. The third kappa shape index (κ3) is 4.95. The van der Waals surface area contributed by atoms with E-state index in [0.29, 0.717) is 5.75 Å². The highest BCUT2D eigenvalue weighted by atomic mass is 32.2. The van der Waals surface area contributed by atoms with Crippen LogP contribution in [0.3, 0.4) is 0 Å². The molecule has 0 amide bonds. The molecule has 0 aliphatic carbocycles. The molecule has 26 heavy (non-hydrogen) atoms. The molecule has 2 aromatic rings. The van der Waals surface area contributed by atoms with Gasteiger partial charge in [0, 0.05) is 4.90 Å². The van der Waals surface area contributed by atoms with Gasteiger partial charge in [0.05, 0.1) is 9.52 Å². The zero-order chi connectivity index (χ0) is 19.7. The van der Waals surface area contributed by atoms with E-state index in [9.17, 15) is 5.11 Å². The molecule has 0 aliphatic rings. The highest BCUT2D eigenvalue weighted by molar-refractivity contribution is 8.00. The van der Waals surface area contributed by atoms with E-state index in [-0.39, 0.29) is 20.3 Å². The van der Waals surface area contributed by atoms with Crippen molar-refractivity contribution in [3.05, 3.63) is 52.6 Å². The van der Waals surface area contributed by atoms with Crippen LogP contribution in [0, 0.1) is 13.8 Å². The molecule has 0 unspecified atom stereocenters. The molecule has 2 rings (SSSR count). The molecule has 0 bridgehead atoms.